The molecule has 0 spiro atoms. The van der Waals surface area contributed by atoms with Crippen molar-refractivity contribution in [1.29, 1.82) is 0 Å². The van der Waals surface area contributed by atoms with Crippen molar-refractivity contribution < 1.29 is 8.83 Å². The average Bonchev–Trinajstić information content (AvgIpc) is 3.93. The first-order valence-corrected chi connectivity index (χ1v) is 20.2. The summed E-state index contributed by atoms with van der Waals surface area (Å²) in [6, 6.07) is 51.6. The quantitative estimate of drug-likeness (QED) is 0.180. The first-order chi connectivity index (χ1) is 28.7. The van der Waals surface area contributed by atoms with E-state index in [2.05, 4.69) is 157 Å². The summed E-state index contributed by atoms with van der Waals surface area (Å²) in [5.74, 6) is 1.72. The van der Waals surface area contributed by atoms with Crippen molar-refractivity contribution in [3.8, 4) is 5.69 Å². The zero-order chi connectivity index (χ0) is 38.3. The van der Waals surface area contributed by atoms with Gasteiger partial charge in [0.1, 0.15) is 22.5 Å². The van der Waals surface area contributed by atoms with Gasteiger partial charge in [0.2, 0.25) is 0 Å². The Hall–Kier alpha value is -7.24. The van der Waals surface area contributed by atoms with Crippen molar-refractivity contribution in [3.05, 3.63) is 186 Å². The third-order valence-corrected chi connectivity index (χ3v) is 12.1. The van der Waals surface area contributed by atoms with Crippen LogP contribution in [-0.4, -0.2) is 16.1 Å². The van der Waals surface area contributed by atoms with Crippen LogP contribution < -0.4 is 0 Å². The van der Waals surface area contributed by atoms with Crippen LogP contribution in [0.1, 0.15) is 47.8 Å². The summed E-state index contributed by atoms with van der Waals surface area (Å²) in [5.41, 5.74) is 12.2. The van der Waals surface area contributed by atoms with Crippen molar-refractivity contribution in [2.45, 2.75) is 26.2 Å². The van der Waals surface area contributed by atoms with E-state index in [0.29, 0.717) is 5.84 Å². The van der Waals surface area contributed by atoms with Gasteiger partial charge in [0.05, 0.1) is 28.1 Å². The van der Waals surface area contributed by atoms with Gasteiger partial charge in [0.25, 0.3) is 0 Å². The maximum absolute atomic E-state index is 6.61. The highest BCUT2D eigenvalue weighted by atomic mass is 16.3. The summed E-state index contributed by atoms with van der Waals surface area (Å²) in [6.45, 7) is 2.29. The molecule has 1 aliphatic heterocycles. The highest BCUT2D eigenvalue weighted by molar-refractivity contribution is 6.20. The number of amidine groups is 1. The molecule has 10 aromatic rings. The fraction of sp³-hybridized carbons (Fsp3) is 0.0943. The molecule has 2 aliphatic rings. The van der Waals surface area contributed by atoms with Crippen LogP contribution in [0.2, 0.25) is 0 Å². The fourth-order valence-corrected chi connectivity index (χ4v) is 9.33. The molecular weight excluding hydrogens is 711 g/mol. The average molecular weight is 748 g/mol. The second-order valence-electron chi connectivity index (χ2n) is 15.6. The molecule has 58 heavy (non-hydrogen) atoms. The van der Waals surface area contributed by atoms with E-state index in [9.17, 15) is 0 Å². The van der Waals surface area contributed by atoms with Crippen LogP contribution in [0.15, 0.2) is 177 Å². The van der Waals surface area contributed by atoms with E-state index in [0.717, 1.165) is 97.4 Å². The number of hydrogen-bond donors (Lipinski definition) is 0. The predicted molar refractivity (Wildman–Crippen MR) is 240 cm³/mol. The van der Waals surface area contributed by atoms with Gasteiger partial charge in [-0.05, 0) is 72.5 Å². The molecule has 1 unspecified atom stereocenters. The number of aryl methyl sites for hydroxylation is 1. The Balaban J connectivity index is 1.15. The number of benzene rings is 7. The minimum absolute atomic E-state index is 0.0843. The lowest BCUT2D eigenvalue weighted by Crippen LogP contribution is -2.18. The van der Waals surface area contributed by atoms with E-state index >= 15 is 0 Å². The lowest BCUT2D eigenvalue weighted by atomic mass is 9.89. The number of aliphatic imine (C=N–C) groups is 2. The van der Waals surface area contributed by atoms with E-state index in [1.807, 2.05) is 18.2 Å². The van der Waals surface area contributed by atoms with Gasteiger partial charge < -0.3 is 13.4 Å². The molecule has 5 nitrogen and oxygen atoms in total. The van der Waals surface area contributed by atoms with Crippen molar-refractivity contribution in [1.82, 2.24) is 4.57 Å². The molecule has 0 saturated carbocycles. The summed E-state index contributed by atoms with van der Waals surface area (Å²) in [6.07, 6.45) is 9.35. The smallest absolute Gasteiger partial charge is 0.160 e. The van der Waals surface area contributed by atoms with Gasteiger partial charge in [-0.15, -0.1) is 0 Å². The Morgan fingerprint density at radius 1 is 0.603 bits per heavy atom. The molecular formula is C53H37N3O2. The Morgan fingerprint density at radius 2 is 1.38 bits per heavy atom. The Morgan fingerprint density at radius 3 is 2.28 bits per heavy atom. The van der Waals surface area contributed by atoms with Gasteiger partial charge in [-0.1, -0.05) is 122 Å². The molecule has 1 atom stereocenters. The number of furan rings is 2. The van der Waals surface area contributed by atoms with Crippen molar-refractivity contribution in [3.63, 3.8) is 0 Å². The minimum Gasteiger partial charge on any atom is -0.456 e. The lowest BCUT2D eigenvalue weighted by Gasteiger charge is -2.21. The summed E-state index contributed by atoms with van der Waals surface area (Å²) < 4.78 is 15.4. The Bertz CT molecular complexity index is 3440. The molecule has 0 radical (unpaired) electrons. The van der Waals surface area contributed by atoms with E-state index in [1.165, 1.54) is 32.5 Å². The van der Waals surface area contributed by atoms with Gasteiger partial charge in [0.15, 0.2) is 5.84 Å². The minimum atomic E-state index is 0.0843. The third-order valence-electron chi connectivity index (χ3n) is 12.1. The highest BCUT2D eigenvalue weighted by Gasteiger charge is 2.26. The van der Waals surface area contributed by atoms with Crippen molar-refractivity contribution >= 4 is 88.8 Å². The molecule has 7 aromatic carbocycles. The van der Waals surface area contributed by atoms with Gasteiger partial charge in [-0.3, -0.25) is 0 Å². The standard InChI is InChI=1S/C53H37N3O2/c1-32-26-27-43(54-53(33-14-3-2-4-15-33)55-52(32)39-21-13-25-49-51(39)38-20-9-12-24-48(38)57-49)42-30-41-37-19-8-11-23-47(37)58-50(41)31-46(42)56-44-22-10-7-18-36(44)40-28-34-16-5-6-17-35(34)29-45(40)56/h2-8,10-19,21-25,27-32H,9,20,26H2,1H3/b43-27+,54-53-,55-52+. The molecule has 4 heterocycles. The summed E-state index contributed by atoms with van der Waals surface area (Å²) in [4.78, 5) is 11.2. The van der Waals surface area contributed by atoms with Gasteiger partial charge in [-0.25, -0.2) is 9.98 Å². The van der Waals surface area contributed by atoms with E-state index in [1.54, 1.807) is 0 Å². The zero-order valence-electron chi connectivity index (χ0n) is 31.9. The number of fused-ring (bicyclic) bond motifs is 10. The molecule has 0 bridgehead atoms. The lowest BCUT2D eigenvalue weighted by molar-refractivity contribution is 0.595. The molecule has 0 N–H and O–H groups in total. The van der Waals surface area contributed by atoms with Crippen molar-refractivity contribution in [2.24, 2.45) is 15.9 Å². The van der Waals surface area contributed by atoms with Gasteiger partial charge >= 0.3 is 0 Å². The monoisotopic (exact) mass is 747 g/mol. The third kappa shape index (κ3) is 5.09. The summed E-state index contributed by atoms with van der Waals surface area (Å²) in [7, 11) is 0. The topological polar surface area (TPSA) is 55.9 Å². The van der Waals surface area contributed by atoms with E-state index in [4.69, 9.17) is 18.8 Å². The summed E-state index contributed by atoms with van der Waals surface area (Å²) >= 11 is 0. The second-order valence-corrected chi connectivity index (χ2v) is 15.6. The Kier molecular flexibility index (Phi) is 7.33. The largest absolute Gasteiger partial charge is 0.456 e. The zero-order valence-corrected chi connectivity index (χ0v) is 31.9. The second kappa shape index (κ2) is 12.9. The molecule has 0 fully saturated rings. The highest BCUT2D eigenvalue weighted by Crippen LogP contribution is 2.42. The molecule has 1 aliphatic carbocycles. The first kappa shape index (κ1) is 33.0. The maximum atomic E-state index is 6.61. The molecule has 3 aromatic heterocycles. The number of aromatic nitrogens is 1. The van der Waals surface area contributed by atoms with Crippen LogP contribution in [0, 0.1) is 5.92 Å². The van der Waals surface area contributed by atoms with Crippen molar-refractivity contribution in [2.75, 3.05) is 0 Å². The number of hydrogen-bond acceptors (Lipinski definition) is 4. The van der Waals surface area contributed by atoms with Gasteiger partial charge in [0, 0.05) is 61.2 Å². The normalized spacial score (nSPS) is 18.6. The number of allylic oxidation sites excluding steroid dienone is 2. The molecule has 0 saturated heterocycles. The molecule has 0 amide bonds. The molecule has 12 rings (SSSR count). The van der Waals surface area contributed by atoms with Gasteiger partial charge in [-0.2, -0.15) is 0 Å². The van der Waals surface area contributed by atoms with Crippen LogP contribution in [0.25, 0.3) is 82.9 Å². The molecule has 5 heteroatoms. The van der Waals surface area contributed by atoms with E-state index < -0.39 is 0 Å². The Labute approximate surface area is 334 Å². The SMILES string of the molecule is CC1C/C=C(c2cc3c(cc2-n2c4ccccc4c4cc5ccccc5cc42)oc2ccccc23)/N=C(c2ccccc2)\N=C/1c1cccc2oc3c(c12)CCC=C3. The number of para-hydroxylation sites is 2. The van der Waals surface area contributed by atoms with Crippen LogP contribution in [0.5, 0.6) is 0 Å². The number of rotatable bonds is 4. The predicted octanol–water partition coefficient (Wildman–Crippen LogP) is 13.9. The van der Waals surface area contributed by atoms with E-state index in [-0.39, 0.29) is 5.92 Å². The van der Waals surface area contributed by atoms with Crippen LogP contribution in [-0.2, 0) is 6.42 Å². The van der Waals surface area contributed by atoms with Crippen LogP contribution in [0.3, 0.4) is 0 Å². The summed E-state index contributed by atoms with van der Waals surface area (Å²) in [5, 5.41) is 8.13. The molecule has 276 valence electrons. The van der Waals surface area contributed by atoms with Crippen LogP contribution >= 0.6 is 0 Å². The number of nitrogens with zero attached hydrogens (tertiary/aromatic N) is 3. The fourth-order valence-electron chi connectivity index (χ4n) is 9.33. The maximum Gasteiger partial charge on any atom is 0.160 e. The van der Waals surface area contributed by atoms with Crippen LogP contribution in [0.4, 0.5) is 0 Å². The first-order valence-electron chi connectivity index (χ1n) is 20.2.